The van der Waals surface area contributed by atoms with E-state index < -0.39 is 0 Å². The van der Waals surface area contributed by atoms with E-state index in [0.29, 0.717) is 5.76 Å². The van der Waals surface area contributed by atoms with Crippen LogP contribution in [0, 0.1) is 0 Å². The van der Waals surface area contributed by atoms with Crippen molar-refractivity contribution < 1.29 is 10.2 Å². The zero-order valence-corrected chi connectivity index (χ0v) is 10.1. The number of rotatable bonds is 1. The van der Waals surface area contributed by atoms with Gasteiger partial charge in [-0.25, -0.2) is 0 Å². The zero-order valence-electron chi connectivity index (χ0n) is 10.1. The summed E-state index contributed by atoms with van der Waals surface area (Å²) in [6.45, 7) is 3.81. The second kappa shape index (κ2) is 4.50. The van der Waals surface area contributed by atoms with Crippen molar-refractivity contribution in [2.45, 2.75) is 20.3 Å². The smallest absolute Gasteiger partial charge is 0.122 e. The Morgan fingerprint density at radius 2 is 1.82 bits per heavy atom. The van der Waals surface area contributed by atoms with E-state index in [-0.39, 0.29) is 5.75 Å². The van der Waals surface area contributed by atoms with Gasteiger partial charge >= 0.3 is 0 Å². The highest BCUT2D eigenvalue weighted by molar-refractivity contribution is 5.63. The number of aliphatic hydroxyl groups excluding tert-OH is 1. The monoisotopic (exact) mass is 228 g/mol. The van der Waals surface area contributed by atoms with Crippen molar-refractivity contribution in [1.82, 2.24) is 0 Å². The van der Waals surface area contributed by atoms with Gasteiger partial charge in [0, 0.05) is 5.56 Å². The third-order valence-electron chi connectivity index (χ3n) is 2.93. The fraction of sp³-hybridized carbons (Fsp3) is 0.200. The van der Waals surface area contributed by atoms with Crippen molar-refractivity contribution in [3.05, 3.63) is 58.4 Å². The van der Waals surface area contributed by atoms with Crippen molar-refractivity contribution >= 4 is 6.08 Å². The Balaban J connectivity index is 2.36. The predicted octanol–water partition coefficient (Wildman–Crippen LogP) is 3.96. The normalized spacial score (nSPS) is 18.5. The van der Waals surface area contributed by atoms with Crippen molar-refractivity contribution in [2.75, 3.05) is 0 Å². The van der Waals surface area contributed by atoms with E-state index in [2.05, 4.69) is 0 Å². The topological polar surface area (TPSA) is 40.5 Å². The molecule has 0 bridgehead atoms. The molecule has 0 saturated carbocycles. The van der Waals surface area contributed by atoms with Crippen LogP contribution >= 0.6 is 0 Å². The second-order valence-corrected chi connectivity index (χ2v) is 4.41. The number of hydrogen-bond acceptors (Lipinski definition) is 2. The first-order valence-corrected chi connectivity index (χ1v) is 5.64. The Hall–Kier alpha value is -1.96. The first-order chi connectivity index (χ1) is 8.08. The van der Waals surface area contributed by atoms with E-state index >= 15 is 0 Å². The van der Waals surface area contributed by atoms with E-state index in [1.165, 1.54) is 0 Å². The second-order valence-electron chi connectivity index (χ2n) is 4.41. The van der Waals surface area contributed by atoms with Crippen molar-refractivity contribution in [3.63, 3.8) is 0 Å². The molecular formula is C15H16O2. The summed E-state index contributed by atoms with van der Waals surface area (Å²) in [4.78, 5) is 0. The molecule has 2 rings (SSSR count). The highest BCUT2D eigenvalue weighted by Gasteiger charge is 2.11. The van der Waals surface area contributed by atoms with Gasteiger partial charge in [-0.15, -0.1) is 0 Å². The SMILES string of the molecule is CC1=CC(=Cc2ccccc2O)CC(C)=C1O. The molecule has 0 aromatic heterocycles. The van der Waals surface area contributed by atoms with Gasteiger partial charge in [-0.1, -0.05) is 24.3 Å². The summed E-state index contributed by atoms with van der Waals surface area (Å²) in [5.74, 6) is 0.668. The van der Waals surface area contributed by atoms with E-state index in [1.807, 2.05) is 38.1 Å². The van der Waals surface area contributed by atoms with Crippen LogP contribution in [0.2, 0.25) is 0 Å². The molecule has 2 N–H and O–H groups in total. The summed E-state index contributed by atoms with van der Waals surface area (Å²) in [5, 5.41) is 19.4. The molecule has 0 amide bonds. The van der Waals surface area contributed by atoms with Crippen LogP contribution in [0.25, 0.3) is 6.08 Å². The average Bonchev–Trinajstić information content (AvgIpc) is 2.29. The molecule has 0 saturated heterocycles. The molecule has 0 fully saturated rings. The number of hydrogen-bond donors (Lipinski definition) is 2. The highest BCUT2D eigenvalue weighted by atomic mass is 16.3. The Kier molecular flexibility index (Phi) is 3.05. The molecule has 1 aliphatic carbocycles. The van der Waals surface area contributed by atoms with Crippen molar-refractivity contribution in [1.29, 1.82) is 0 Å². The Labute approximate surface area is 101 Å². The number of para-hydroxylation sites is 1. The fourth-order valence-corrected chi connectivity index (χ4v) is 2.03. The van der Waals surface area contributed by atoms with Gasteiger partial charge in [0.25, 0.3) is 0 Å². The Morgan fingerprint density at radius 1 is 1.12 bits per heavy atom. The summed E-state index contributed by atoms with van der Waals surface area (Å²) >= 11 is 0. The molecular weight excluding hydrogens is 212 g/mol. The van der Waals surface area contributed by atoms with Crippen LogP contribution in [0.5, 0.6) is 5.75 Å². The van der Waals surface area contributed by atoms with Gasteiger partial charge in [0.15, 0.2) is 0 Å². The molecule has 0 aliphatic heterocycles. The molecule has 0 heterocycles. The van der Waals surface area contributed by atoms with Crippen molar-refractivity contribution in [2.24, 2.45) is 0 Å². The highest BCUT2D eigenvalue weighted by Crippen LogP contribution is 2.29. The molecule has 17 heavy (non-hydrogen) atoms. The number of allylic oxidation sites excluding steroid dienone is 4. The zero-order chi connectivity index (χ0) is 12.4. The minimum Gasteiger partial charge on any atom is -0.508 e. The maximum atomic E-state index is 9.72. The van der Waals surface area contributed by atoms with Crippen LogP contribution in [0.1, 0.15) is 25.8 Å². The Bertz CT molecular complexity index is 534. The van der Waals surface area contributed by atoms with Gasteiger partial charge in [-0.05, 0) is 49.1 Å². The number of aromatic hydroxyl groups is 1. The van der Waals surface area contributed by atoms with E-state index in [0.717, 1.165) is 28.7 Å². The maximum absolute atomic E-state index is 9.72. The van der Waals surface area contributed by atoms with E-state index in [4.69, 9.17) is 0 Å². The summed E-state index contributed by atoms with van der Waals surface area (Å²) in [5.41, 5.74) is 3.74. The lowest BCUT2D eigenvalue weighted by Gasteiger charge is -2.15. The van der Waals surface area contributed by atoms with Crippen molar-refractivity contribution in [3.8, 4) is 5.75 Å². The molecule has 0 spiro atoms. The minimum absolute atomic E-state index is 0.280. The lowest BCUT2D eigenvalue weighted by atomic mass is 9.93. The summed E-state index contributed by atoms with van der Waals surface area (Å²) < 4.78 is 0. The Morgan fingerprint density at radius 3 is 2.47 bits per heavy atom. The van der Waals surface area contributed by atoms with Crippen LogP contribution in [0.4, 0.5) is 0 Å². The van der Waals surface area contributed by atoms with Crippen LogP contribution in [-0.4, -0.2) is 10.2 Å². The largest absolute Gasteiger partial charge is 0.508 e. The van der Waals surface area contributed by atoms with Gasteiger partial charge < -0.3 is 10.2 Å². The third-order valence-corrected chi connectivity index (χ3v) is 2.93. The van der Waals surface area contributed by atoms with Crippen LogP contribution in [-0.2, 0) is 0 Å². The van der Waals surface area contributed by atoms with Crippen LogP contribution < -0.4 is 0 Å². The molecule has 88 valence electrons. The summed E-state index contributed by atoms with van der Waals surface area (Å²) in [7, 11) is 0. The molecule has 2 heteroatoms. The number of aliphatic hydroxyl groups is 1. The molecule has 1 aliphatic rings. The number of phenolic OH excluding ortho intramolecular Hbond substituents is 1. The van der Waals surface area contributed by atoms with Gasteiger partial charge in [0.1, 0.15) is 11.5 Å². The molecule has 0 unspecified atom stereocenters. The predicted molar refractivity (Wildman–Crippen MR) is 69.8 cm³/mol. The molecule has 1 aromatic carbocycles. The molecule has 2 nitrogen and oxygen atoms in total. The number of benzene rings is 1. The first-order valence-electron chi connectivity index (χ1n) is 5.64. The maximum Gasteiger partial charge on any atom is 0.122 e. The number of phenols is 1. The summed E-state index contributed by atoms with van der Waals surface area (Å²) in [6.07, 6.45) is 4.63. The lowest BCUT2D eigenvalue weighted by Crippen LogP contribution is -1.98. The molecule has 0 atom stereocenters. The fourth-order valence-electron chi connectivity index (χ4n) is 2.03. The van der Waals surface area contributed by atoms with Gasteiger partial charge in [-0.2, -0.15) is 0 Å². The van der Waals surface area contributed by atoms with Crippen LogP contribution in [0.15, 0.2) is 52.8 Å². The van der Waals surface area contributed by atoms with E-state index in [9.17, 15) is 10.2 Å². The van der Waals surface area contributed by atoms with E-state index in [1.54, 1.807) is 12.1 Å². The summed E-state index contributed by atoms with van der Waals surface area (Å²) in [6, 6.07) is 7.24. The van der Waals surface area contributed by atoms with Gasteiger partial charge in [0.2, 0.25) is 0 Å². The quantitative estimate of drug-likeness (QED) is 0.763. The third kappa shape index (κ3) is 2.41. The lowest BCUT2D eigenvalue weighted by molar-refractivity contribution is 0.413. The molecule has 0 radical (unpaired) electrons. The first kappa shape index (κ1) is 11.5. The standard InChI is InChI=1S/C15H16O2/c1-10-7-12(8-11(2)15(10)17)9-13-5-3-4-6-14(13)16/h3-7,9,16-17H,8H2,1-2H3. The molecule has 1 aromatic rings. The van der Waals surface area contributed by atoms with Gasteiger partial charge in [-0.3, -0.25) is 0 Å². The van der Waals surface area contributed by atoms with Crippen LogP contribution in [0.3, 0.4) is 0 Å². The average molecular weight is 228 g/mol. The van der Waals surface area contributed by atoms with Gasteiger partial charge in [0.05, 0.1) is 0 Å². The minimum atomic E-state index is 0.280.